The van der Waals surface area contributed by atoms with Crippen LogP contribution >= 0.6 is 0 Å². The number of hydrogen-bond acceptors (Lipinski definition) is 5. The summed E-state index contributed by atoms with van der Waals surface area (Å²) < 4.78 is 11.0. The van der Waals surface area contributed by atoms with Gasteiger partial charge in [-0.15, -0.1) is 0 Å². The number of rotatable bonds is 8. The van der Waals surface area contributed by atoms with Crippen LogP contribution in [0.4, 0.5) is 0 Å². The Morgan fingerprint density at radius 3 is 2.74 bits per heavy atom. The number of nitrogens with zero attached hydrogens (tertiary/aromatic N) is 1. The number of hydrogen-bond donors (Lipinski definition) is 2. The van der Waals surface area contributed by atoms with E-state index in [1.54, 1.807) is 19.5 Å². The Kier molecular flexibility index (Phi) is 6.21. The molecular weight excluding hydrogens is 242 g/mol. The summed E-state index contributed by atoms with van der Waals surface area (Å²) in [6.45, 7) is 6.82. The Bertz CT molecular complexity index is 383. The van der Waals surface area contributed by atoms with Crippen LogP contribution < -0.4 is 16.0 Å². The van der Waals surface area contributed by atoms with Gasteiger partial charge in [0.05, 0.1) is 24.4 Å². The van der Waals surface area contributed by atoms with Crippen LogP contribution in [0.1, 0.15) is 45.2 Å². The van der Waals surface area contributed by atoms with Crippen LogP contribution in [0, 0.1) is 0 Å². The molecule has 108 valence electrons. The Labute approximate surface area is 115 Å². The summed E-state index contributed by atoms with van der Waals surface area (Å²) >= 11 is 0. The van der Waals surface area contributed by atoms with Crippen molar-refractivity contribution >= 4 is 0 Å². The molecule has 5 heteroatoms. The SMILES string of the molecule is CCCOc1cncc(C(CC(C)(C)OC)NN)c1. The zero-order chi connectivity index (χ0) is 14.3. The molecule has 0 saturated heterocycles. The van der Waals surface area contributed by atoms with Gasteiger partial charge >= 0.3 is 0 Å². The lowest BCUT2D eigenvalue weighted by atomic mass is 9.95. The van der Waals surface area contributed by atoms with Crippen molar-refractivity contribution in [3.05, 3.63) is 24.0 Å². The zero-order valence-corrected chi connectivity index (χ0v) is 12.3. The second-order valence-corrected chi connectivity index (χ2v) is 5.19. The summed E-state index contributed by atoms with van der Waals surface area (Å²) in [5.41, 5.74) is 3.57. The molecule has 1 heterocycles. The van der Waals surface area contributed by atoms with Crippen molar-refractivity contribution in [1.82, 2.24) is 10.4 Å². The summed E-state index contributed by atoms with van der Waals surface area (Å²) in [6.07, 6.45) is 5.24. The molecule has 1 rings (SSSR count). The molecule has 0 saturated carbocycles. The topological polar surface area (TPSA) is 69.4 Å². The lowest BCUT2D eigenvalue weighted by molar-refractivity contribution is 0.00676. The summed E-state index contributed by atoms with van der Waals surface area (Å²) in [5.74, 6) is 6.42. The van der Waals surface area contributed by atoms with Crippen LogP contribution in [0.3, 0.4) is 0 Å². The highest BCUT2D eigenvalue weighted by molar-refractivity contribution is 5.26. The molecule has 0 radical (unpaired) electrons. The molecule has 1 atom stereocenters. The van der Waals surface area contributed by atoms with Gasteiger partial charge in [-0.3, -0.25) is 16.3 Å². The molecule has 0 aliphatic rings. The first-order valence-corrected chi connectivity index (χ1v) is 6.61. The molecule has 0 aromatic carbocycles. The largest absolute Gasteiger partial charge is 0.492 e. The minimum atomic E-state index is -0.253. The number of nitrogens with two attached hydrogens (primary N) is 1. The van der Waals surface area contributed by atoms with Crippen molar-refractivity contribution in [2.75, 3.05) is 13.7 Å². The Hall–Kier alpha value is -1.17. The van der Waals surface area contributed by atoms with Crippen LogP contribution in [0.25, 0.3) is 0 Å². The molecule has 0 fully saturated rings. The first-order valence-electron chi connectivity index (χ1n) is 6.61. The highest BCUT2D eigenvalue weighted by atomic mass is 16.5. The molecule has 0 bridgehead atoms. The van der Waals surface area contributed by atoms with Crippen molar-refractivity contribution in [3.63, 3.8) is 0 Å². The van der Waals surface area contributed by atoms with E-state index in [2.05, 4.69) is 17.3 Å². The molecule has 0 amide bonds. The number of hydrazine groups is 1. The molecule has 1 aromatic heterocycles. The van der Waals surface area contributed by atoms with E-state index in [0.717, 1.165) is 24.2 Å². The van der Waals surface area contributed by atoms with E-state index in [1.165, 1.54) is 0 Å². The lowest BCUT2D eigenvalue weighted by Gasteiger charge is -2.28. The predicted octanol–water partition coefficient (Wildman–Crippen LogP) is 2.19. The van der Waals surface area contributed by atoms with Crippen LogP contribution in [0.5, 0.6) is 5.75 Å². The average molecular weight is 267 g/mol. The van der Waals surface area contributed by atoms with Gasteiger partial charge in [0.2, 0.25) is 0 Å². The standard InChI is InChI=1S/C14H25N3O2/c1-5-6-19-12-7-11(9-16-10-12)13(17-15)8-14(2,3)18-4/h7,9-10,13,17H,5-6,8,15H2,1-4H3. The van der Waals surface area contributed by atoms with Gasteiger partial charge in [0.1, 0.15) is 5.75 Å². The fraction of sp³-hybridized carbons (Fsp3) is 0.643. The molecule has 19 heavy (non-hydrogen) atoms. The van der Waals surface area contributed by atoms with Gasteiger partial charge in [-0.2, -0.15) is 0 Å². The van der Waals surface area contributed by atoms with Crippen LogP contribution in [-0.4, -0.2) is 24.3 Å². The number of ether oxygens (including phenoxy) is 2. The van der Waals surface area contributed by atoms with Crippen LogP contribution in [-0.2, 0) is 4.74 Å². The van der Waals surface area contributed by atoms with E-state index in [-0.39, 0.29) is 11.6 Å². The number of methoxy groups -OCH3 is 1. The van der Waals surface area contributed by atoms with E-state index in [1.807, 2.05) is 19.9 Å². The quantitative estimate of drug-likeness (QED) is 0.558. The maximum Gasteiger partial charge on any atom is 0.137 e. The second-order valence-electron chi connectivity index (χ2n) is 5.19. The van der Waals surface area contributed by atoms with Gasteiger partial charge in [-0.05, 0) is 38.3 Å². The lowest BCUT2D eigenvalue weighted by Crippen LogP contribution is -2.35. The van der Waals surface area contributed by atoms with Gasteiger partial charge in [0, 0.05) is 13.3 Å². The van der Waals surface area contributed by atoms with Crippen molar-refractivity contribution in [2.45, 2.75) is 45.3 Å². The molecule has 1 unspecified atom stereocenters. The first kappa shape index (κ1) is 15.9. The van der Waals surface area contributed by atoms with Crippen LogP contribution in [0.15, 0.2) is 18.5 Å². The summed E-state index contributed by atoms with van der Waals surface area (Å²) in [6, 6.07) is 1.95. The third-order valence-corrected chi connectivity index (χ3v) is 3.06. The number of pyridine rings is 1. The first-order chi connectivity index (χ1) is 9.02. The van der Waals surface area contributed by atoms with Crippen molar-refractivity contribution < 1.29 is 9.47 Å². The normalized spacial score (nSPS) is 13.3. The summed E-state index contributed by atoms with van der Waals surface area (Å²) in [5, 5.41) is 0. The summed E-state index contributed by atoms with van der Waals surface area (Å²) in [4.78, 5) is 4.20. The Balaban J connectivity index is 2.80. The van der Waals surface area contributed by atoms with Crippen LogP contribution in [0.2, 0.25) is 0 Å². The monoisotopic (exact) mass is 267 g/mol. The molecule has 3 N–H and O–H groups in total. The van der Waals surface area contributed by atoms with E-state index >= 15 is 0 Å². The maximum atomic E-state index is 5.64. The zero-order valence-electron chi connectivity index (χ0n) is 12.3. The van der Waals surface area contributed by atoms with Crippen molar-refractivity contribution in [1.29, 1.82) is 0 Å². The van der Waals surface area contributed by atoms with Gasteiger partial charge in [-0.25, -0.2) is 0 Å². The third kappa shape index (κ3) is 5.14. The minimum absolute atomic E-state index is 0.0207. The van der Waals surface area contributed by atoms with Gasteiger partial charge in [0.15, 0.2) is 0 Å². The van der Waals surface area contributed by atoms with Gasteiger partial charge < -0.3 is 9.47 Å². The third-order valence-electron chi connectivity index (χ3n) is 3.06. The van der Waals surface area contributed by atoms with E-state index < -0.39 is 0 Å². The minimum Gasteiger partial charge on any atom is -0.492 e. The molecule has 0 aliphatic carbocycles. The molecular formula is C14H25N3O2. The average Bonchev–Trinajstić information content (AvgIpc) is 2.43. The Morgan fingerprint density at radius 1 is 1.42 bits per heavy atom. The highest BCUT2D eigenvalue weighted by Crippen LogP contribution is 2.26. The maximum absolute atomic E-state index is 5.64. The van der Waals surface area contributed by atoms with Gasteiger partial charge in [0.25, 0.3) is 0 Å². The molecule has 0 aliphatic heterocycles. The van der Waals surface area contributed by atoms with E-state index in [0.29, 0.717) is 6.61 Å². The van der Waals surface area contributed by atoms with E-state index in [9.17, 15) is 0 Å². The van der Waals surface area contributed by atoms with Gasteiger partial charge in [-0.1, -0.05) is 6.92 Å². The summed E-state index contributed by atoms with van der Waals surface area (Å²) in [7, 11) is 1.70. The van der Waals surface area contributed by atoms with E-state index in [4.69, 9.17) is 15.3 Å². The fourth-order valence-electron chi connectivity index (χ4n) is 1.77. The van der Waals surface area contributed by atoms with Crippen molar-refractivity contribution in [2.24, 2.45) is 5.84 Å². The fourth-order valence-corrected chi connectivity index (χ4v) is 1.77. The molecule has 1 aromatic rings. The highest BCUT2D eigenvalue weighted by Gasteiger charge is 2.23. The molecule has 5 nitrogen and oxygen atoms in total. The number of aromatic nitrogens is 1. The smallest absolute Gasteiger partial charge is 0.137 e. The number of nitrogens with one attached hydrogen (secondary N) is 1. The Morgan fingerprint density at radius 2 is 2.16 bits per heavy atom. The molecule has 0 spiro atoms. The predicted molar refractivity (Wildman–Crippen MR) is 75.8 cm³/mol. The van der Waals surface area contributed by atoms with Crippen molar-refractivity contribution in [3.8, 4) is 5.75 Å². The second kappa shape index (κ2) is 7.43.